The Morgan fingerprint density at radius 3 is 2.79 bits per heavy atom. The minimum atomic E-state index is 0.306. The molecule has 0 aromatic heterocycles. The third-order valence-corrected chi connectivity index (χ3v) is 4.34. The number of methoxy groups -OCH3 is 1. The van der Waals surface area contributed by atoms with Crippen molar-refractivity contribution in [2.75, 3.05) is 7.11 Å². The van der Waals surface area contributed by atoms with Gasteiger partial charge in [-0.15, -0.1) is 0 Å². The van der Waals surface area contributed by atoms with Crippen molar-refractivity contribution in [3.8, 4) is 11.5 Å². The summed E-state index contributed by atoms with van der Waals surface area (Å²) in [5, 5.41) is 13.6. The maximum atomic E-state index is 9.96. The molecule has 0 saturated heterocycles. The van der Waals surface area contributed by atoms with Gasteiger partial charge in [-0.05, 0) is 24.3 Å². The number of phenolic OH excluding ortho intramolecular Hbond substituents is 1. The molecule has 2 rings (SSSR count). The first-order valence-corrected chi connectivity index (χ1v) is 7.12. The zero-order chi connectivity index (χ0) is 13.9. The molecule has 0 bridgehead atoms. The van der Waals surface area contributed by atoms with Crippen molar-refractivity contribution in [2.24, 2.45) is 5.41 Å². The summed E-state index contributed by atoms with van der Waals surface area (Å²) < 4.78 is 5.10. The van der Waals surface area contributed by atoms with Gasteiger partial charge in [0.1, 0.15) is 11.5 Å². The summed E-state index contributed by atoms with van der Waals surface area (Å²) in [4.78, 5) is 0. The number of ether oxygens (including phenoxy) is 1. The highest BCUT2D eigenvalue weighted by molar-refractivity contribution is 5.39. The molecule has 3 nitrogen and oxygen atoms in total. The van der Waals surface area contributed by atoms with E-state index >= 15 is 0 Å². The zero-order valence-electron chi connectivity index (χ0n) is 12.2. The van der Waals surface area contributed by atoms with Gasteiger partial charge in [0.15, 0.2) is 0 Å². The van der Waals surface area contributed by atoms with Gasteiger partial charge in [0.2, 0.25) is 0 Å². The lowest BCUT2D eigenvalue weighted by Crippen LogP contribution is -2.43. The van der Waals surface area contributed by atoms with Crippen LogP contribution in [0, 0.1) is 5.41 Å². The Hall–Kier alpha value is -1.22. The maximum Gasteiger partial charge on any atom is 0.123 e. The first-order chi connectivity index (χ1) is 9.03. The Morgan fingerprint density at radius 1 is 1.37 bits per heavy atom. The lowest BCUT2D eigenvalue weighted by Gasteiger charge is -2.39. The summed E-state index contributed by atoms with van der Waals surface area (Å²) in [6.07, 6.45) is 5.14. The predicted molar refractivity (Wildman–Crippen MR) is 77.5 cm³/mol. The highest BCUT2D eigenvalue weighted by Gasteiger charge is 2.31. The summed E-state index contributed by atoms with van der Waals surface area (Å²) in [6.45, 7) is 5.37. The fourth-order valence-corrected chi connectivity index (χ4v) is 2.93. The van der Waals surface area contributed by atoms with Crippen LogP contribution in [0.4, 0.5) is 0 Å². The van der Waals surface area contributed by atoms with Crippen molar-refractivity contribution in [3.05, 3.63) is 23.8 Å². The molecule has 0 spiro atoms. The van der Waals surface area contributed by atoms with Crippen molar-refractivity contribution >= 4 is 0 Å². The van der Waals surface area contributed by atoms with E-state index in [1.54, 1.807) is 13.2 Å². The fraction of sp³-hybridized carbons (Fsp3) is 0.625. The van der Waals surface area contributed by atoms with Gasteiger partial charge in [0, 0.05) is 24.2 Å². The first kappa shape index (κ1) is 14.2. The standard InChI is InChI=1S/C16H25NO2/c1-16(2)9-5-4-6-15(16)17-11-12-7-8-13(19-3)10-14(12)18/h7-8,10,15,17-18H,4-6,9,11H2,1-3H3. The molecule has 1 aliphatic rings. The van der Waals surface area contributed by atoms with Gasteiger partial charge in [-0.1, -0.05) is 32.8 Å². The molecule has 0 radical (unpaired) electrons. The average molecular weight is 263 g/mol. The van der Waals surface area contributed by atoms with E-state index in [-0.39, 0.29) is 0 Å². The van der Waals surface area contributed by atoms with Crippen LogP contribution in [-0.4, -0.2) is 18.3 Å². The van der Waals surface area contributed by atoms with Crippen LogP contribution in [0.5, 0.6) is 11.5 Å². The largest absolute Gasteiger partial charge is 0.507 e. The van der Waals surface area contributed by atoms with Crippen LogP contribution >= 0.6 is 0 Å². The Bertz CT molecular complexity index is 429. The van der Waals surface area contributed by atoms with E-state index < -0.39 is 0 Å². The quantitative estimate of drug-likeness (QED) is 0.874. The predicted octanol–water partition coefficient (Wildman–Crippen LogP) is 3.46. The van der Waals surface area contributed by atoms with E-state index in [1.807, 2.05) is 12.1 Å². The second kappa shape index (κ2) is 5.83. The highest BCUT2D eigenvalue weighted by atomic mass is 16.5. The molecule has 1 aliphatic carbocycles. The molecule has 1 aromatic carbocycles. The number of aromatic hydroxyl groups is 1. The molecule has 1 saturated carbocycles. The van der Waals surface area contributed by atoms with Crippen molar-refractivity contribution in [1.82, 2.24) is 5.32 Å². The van der Waals surface area contributed by atoms with Gasteiger partial charge in [0.25, 0.3) is 0 Å². The lowest BCUT2D eigenvalue weighted by atomic mass is 9.73. The van der Waals surface area contributed by atoms with Gasteiger partial charge >= 0.3 is 0 Å². The second-order valence-electron chi connectivity index (χ2n) is 6.16. The summed E-state index contributed by atoms with van der Waals surface area (Å²) in [6, 6.07) is 6.02. The summed E-state index contributed by atoms with van der Waals surface area (Å²) >= 11 is 0. The highest BCUT2D eigenvalue weighted by Crippen LogP contribution is 2.35. The minimum Gasteiger partial charge on any atom is -0.507 e. The summed E-state index contributed by atoms with van der Waals surface area (Å²) in [5.74, 6) is 1.000. The van der Waals surface area contributed by atoms with Gasteiger partial charge in [-0.3, -0.25) is 0 Å². The molecule has 2 N–H and O–H groups in total. The minimum absolute atomic E-state index is 0.306. The molecule has 0 aliphatic heterocycles. The molecule has 0 heterocycles. The van der Waals surface area contributed by atoms with E-state index in [1.165, 1.54) is 25.7 Å². The topological polar surface area (TPSA) is 41.5 Å². The first-order valence-electron chi connectivity index (χ1n) is 7.12. The molecule has 3 heteroatoms. The van der Waals surface area contributed by atoms with E-state index in [4.69, 9.17) is 4.74 Å². The van der Waals surface area contributed by atoms with Crippen LogP contribution in [-0.2, 0) is 6.54 Å². The van der Waals surface area contributed by atoms with Crippen LogP contribution in [0.25, 0.3) is 0 Å². The Labute approximate surface area is 116 Å². The van der Waals surface area contributed by atoms with Gasteiger partial charge < -0.3 is 15.2 Å². The molecule has 1 fully saturated rings. The number of hydrogen-bond donors (Lipinski definition) is 2. The Kier molecular flexibility index (Phi) is 4.35. The van der Waals surface area contributed by atoms with Crippen LogP contribution in [0.2, 0.25) is 0 Å². The number of rotatable bonds is 4. The van der Waals surface area contributed by atoms with Gasteiger partial charge in [-0.25, -0.2) is 0 Å². The monoisotopic (exact) mass is 263 g/mol. The van der Waals surface area contributed by atoms with Crippen molar-refractivity contribution in [1.29, 1.82) is 0 Å². The third kappa shape index (κ3) is 3.41. The van der Waals surface area contributed by atoms with Crippen LogP contribution < -0.4 is 10.1 Å². The van der Waals surface area contributed by atoms with Gasteiger partial charge in [-0.2, -0.15) is 0 Å². The summed E-state index contributed by atoms with van der Waals surface area (Å²) in [7, 11) is 1.61. The molecule has 1 unspecified atom stereocenters. The van der Waals surface area contributed by atoms with Gasteiger partial charge in [0.05, 0.1) is 7.11 Å². The van der Waals surface area contributed by atoms with E-state index in [0.717, 1.165) is 5.56 Å². The molecule has 106 valence electrons. The van der Waals surface area contributed by atoms with Crippen LogP contribution in [0.3, 0.4) is 0 Å². The third-order valence-electron chi connectivity index (χ3n) is 4.34. The molecular formula is C16H25NO2. The van der Waals surface area contributed by atoms with Crippen LogP contribution in [0.15, 0.2) is 18.2 Å². The normalized spacial score (nSPS) is 22.2. The van der Waals surface area contributed by atoms with Crippen molar-refractivity contribution in [2.45, 2.75) is 52.1 Å². The number of hydrogen-bond acceptors (Lipinski definition) is 3. The summed E-state index contributed by atoms with van der Waals surface area (Å²) in [5.41, 5.74) is 1.28. The van der Waals surface area contributed by atoms with E-state index in [0.29, 0.717) is 29.5 Å². The maximum absolute atomic E-state index is 9.96. The Balaban J connectivity index is 1.98. The lowest BCUT2D eigenvalue weighted by molar-refractivity contribution is 0.166. The SMILES string of the molecule is COc1ccc(CNC2CCCCC2(C)C)c(O)c1. The van der Waals surface area contributed by atoms with E-state index in [2.05, 4.69) is 19.2 Å². The zero-order valence-corrected chi connectivity index (χ0v) is 12.2. The number of phenols is 1. The molecule has 1 aromatic rings. The number of benzene rings is 1. The van der Waals surface area contributed by atoms with Crippen LogP contribution in [0.1, 0.15) is 45.1 Å². The average Bonchev–Trinajstić information content (AvgIpc) is 2.38. The fourth-order valence-electron chi connectivity index (χ4n) is 2.93. The molecule has 1 atom stereocenters. The molecular weight excluding hydrogens is 238 g/mol. The second-order valence-corrected chi connectivity index (χ2v) is 6.16. The van der Waals surface area contributed by atoms with Crippen molar-refractivity contribution < 1.29 is 9.84 Å². The molecule has 0 amide bonds. The number of nitrogens with one attached hydrogen (secondary N) is 1. The van der Waals surface area contributed by atoms with Crippen molar-refractivity contribution in [3.63, 3.8) is 0 Å². The Morgan fingerprint density at radius 2 is 2.16 bits per heavy atom. The van der Waals surface area contributed by atoms with E-state index in [9.17, 15) is 5.11 Å². The molecule has 19 heavy (non-hydrogen) atoms. The smallest absolute Gasteiger partial charge is 0.123 e.